The van der Waals surface area contributed by atoms with Crippen molar-refractivity contribution in [3.05, 3.63) is 35.9 Å². The molecule has 0 amide bonds. The van der Waals surface area contributed by atoms with E-state index in [1.54, 1.807) is 0 Å². The third kappa shape index (κ3) is 2.01. The zero-order valence-electron chi connectivity index (χ0n) is 11.3. The molecule has 1 aromatic rings. The summed E-state index contributed by atoms with van der Waals surface area (Å²) in [7, 11) is 0. The van der Waals surface area contributed by atoms with Crippen molar-refractivity contribution in [3.63, 3.8) is 0 Å². The highest BCUT2D eigenvalue weighted by Gasteiger charge is 2.50. The molecule has 0 aliphatic heterocycles. The second-order valence-corrected chi connectivity index (χ2v) is 6.58. The Morgan fingerprint density at radius 1 is 0.750 bits per heavy atom. The highest BCUT2D eigenvalue weighted by atomic mass is 16.3. The molecular formula is C15H24O. The Hall–Kier alpha value is -0.820. The van der Waals surface area contributed by atoms with E-state index in [1.165, 1.54) is 0 Å². The predicted octanol–water partition coefficient (Wildman–Crippen LogP) is 3.97. The predicted molar refractivity (Wildman–Crippen MR) is 69.2 cm³/mol. The Kier molecular flexibility index (Phi) is 3.22. The fourth-order valence-electron chi connectivity index (χ4n) is 2.67. The second kappa shape index (κ2) is 3.89. The van der Waals surface area contributed by atoms with Crippen LogP contribution >= 0.6 is 0 Å². The summed E-state index contributed by atoms with van der Waals surface area (Å²) in [5.74, 6) is 0. The van der Waals surface area contributed by atoms with Crippen LogP contribution in [0.5, 0.6) is 0 Å². The van der Waals surface area contributed by atoms with Crippen molar-refractivity contribution in [2.24, 2.45) is 10.8 Å². The standard InChI is InChI=1S/C15H24O/c1-13(2,3)15(16,14(4,5)6)12-10-8-7-9-11-12/h7-11,16H,1-6H3. The highest BCUT2D eigenvalue weighted by Crippen LogP contribution is 2.50. The van der Waals surface area contributed by atoms with Crippen molar-refractivity contribution in [2.75, 3.05) is 0 Å². The van der Waals surface area contributed by atoms with Gasteiger partial charge in [0.15, 0.2) is 0 Å². The van der Waals surface area contributed by atoms with E-state index in [4.69, 9.17) is 0 Å². The Morgan fingerprint density at radius 3 is 1.44 bits per heavy atom. The molecule has 0 saturated heterocycles. The number of hydrogen-bond donors (Lipinski definition) is 1. The molecule has 0 aromatic heterocycles. The fourth-order valence-corrected chi connectivity index (χ4v) is 2.67. The van der Waals surface area contributed by atoms with Gasteiger partial charge in [-0.3, -0.25) is 0 Å². The summed E-state index contributed by atoms with van der Waals surface area (Å²) in [6.45, 7) is 12.5. The van der Waals surface area contributed by atoms with Crippen LogP contribution in [0.2, 0.25) is 0 Å². The zero-order chi connectivity index (χ0) is 12.6. The molecule has 1 rings (SSSR count). The molecule has 90 valence electrons. The molecule has 1 N–H and O–H groups in total. The van der Waals surface area contributed by atoms with Gasteiger partial charge in [0, 0.05) is 0 Å². The second-order valence-electron chi connectivity index (χ2n) is 6.58. The number of benzene rings is 1. The lowest BCUT2D eigenvalue weighted by molar-refractivity contribution is -0.145. The first-order valence-electron chi connectivity index (χ1n) is 5.88. The van der Waals surface area contributed by atoms with Gasteiger partial charge < -0.3 is 5.11 Å². The van der Waals surface area contributed by atoms with Crippen LogP contribution in [-0.2, 0) is 5.60 Å². The Morgan fingerprint density at radius 2 is 1.12 bits per heavy atom. The van der Waals surface area contributed by atoms with Crippen molar-refractivity contribution in [1.29, 1.82) is 0 Å². The van der Waals surface area contributed by atoms with Gasteiger partial charge in [0.2, 0.25) is 0 Å². The summed E-state index contributed by atoms with van der Waals surface area (Å²) in [6.07, 6.45) is 0. The SMILES string of the molecule is CC(C)(C)C(O)(c1ccccc1)C(C)(C)C. The van der Waals surface area contributed by atoms with Crippen LogP contribution in [0.1, 0.15) is 47.1 Å². The van der Waals surface area contributed by atoms with Crippen molar-refractivity contribution in [1.82, 2.24) is 0 Å². The fraction of sp³-hybridized carbons (Fsp3) is 0.600. The maximum Gasteiger partial charge on any atom is 0.0992 e. The number of aliphatic hydroxyl groups is 1. The highest BCUT2D eigenvalue weighted by molar-refractivity contribution is 5.27. The van der Waals surface area contributed by atoms with Crippen LogP contribution in [0.3, 0.4) is 0 Å². The smallest absolute Gasteiger partial charge is 0.0992 e. The van der Waals surface area contributed by atoms with Gasteiger partial charge in [0.05, 0.1) is 5.60 Å². The summed E-state index contributed by atoms with van der Waals surface area (Å²) in [6, 6.07) is 9.97. The van der Waals surface area contributed by atoms with E-state index in [9.17, 15) is 5.11 Å². The van der Waals surface area contributed by atoms with E-state index in [2.05, 4.69) is 41.5 Å². The van der Waals surface area contributed by atoms with E-state index < -0.39 is 5.60 Å². The Labute approximate surface area is 99.5 Å². The van der Waals surface area contributed by atoms with Gasteiger partial charge in [-0.2, -0.15) is 0 Å². The minimum absolute atomic E-state index is 0.202. The lowest BCUT2D eigenvalue weighted by Crippen LogP contribution is -2.50. The van der Waals surface area contributed by atoms with Crippen LogP contribution in [0.25, 0.3) is 0 Å². The molecular weight excluding hydrogens is 196 g/mol. The number of rotatable bonds is 1. The maximum atomic E-state index is 11.2. The van der Waals surface area contributed by atoms with Crippen LogP contribution in [0.15, 0.2) is 30.3 Å². The van der Waals surface area contributed by atoms with Crippen molar-refractivity contribution in [3.8, 4) is 0 Å². The number of hydrogen-bond acceptors (Lipinski definition) is 1. The molecule has 0 saturated carbocycles. The molecule has 0 bridgehead atoms. The third-order valence-electron chi connectivity index (χ3n) is 3.36. The lowest BCUT2D eigenvalue weighted by atomic mass is 9.59. The van der Waals surface area contributed by atoms with Gasteiger partial charge in [0.1, 0.15) is 0 Å². The van der Waals surface area contributed by atoms with Gasteiger partial charge >= 0.3 is 0 Å². The van der Waals surface area contributed by atoms with E-state index in [-0.39, 0.29) is 10.8 Å². The molecule has 0 heterocycles. The first kappa shape index (κ1) is 13.2. The molecule has 1 nitrogen and oxygen atoms in total. The van der Waals surface area contributed by atoms with E-state index in [0.717, 1.165) is 5.56 Å². The summed E-state index contributed by atoms with van der Waals surface area (Å²) >= 11 is 0. The lowest BCUT2D eigenvalue weighted by Gasteiger charge is -2.50. The molecule has 0 atom stereocenters. The van der Waals surface area contributed by atoms with Gasteiger partial charge in [-0.15, -0.1) is 0 Å². The average molecular weight is 220 g/mol. The average Bonchev–Trinajstić information content (AvgIpc) is 2.14. The van der Waals surface area contributed by atoms with Crippen LogP contribution in [0, 0.1) is 10.8 Å². The van der Waals surface area contributed by atoms with E-state index >= 15 is 0 Å². The van der Waals surface area contributed by atoms with Crippen molar-refractivity contribution < 1.29 is 5.11 Å². The molecule has 0 unspecified atom stereocenters. The maximum absolute atomic E-state index is 11.2. The van der Waals surface area contributed by atoms with Gasteiger partial charge in [-0.25, -0.2) is 0 Å². The van der Waals surface area contributed by atoms with Gasteiger partial charge in [-0.05, 0) is 16.4 Å². The van der Waals surface area contributed by atoms with Gasteiger partial charge in [-0.1, -0.05) is 71.9 Å². The third-order valence-corrected chi connectivity index (χ3v) is 3.36. The van der Waals surface area contributed by atoms with Crippen molar-refractivity contribution in [2.45, 2.75) is 47.1 Å². The first-order chi connectivity index (χ1) is 7.11. The summed E-state index contributed by atoms with van der Waals surface area (Å²) < 4.78 is 0. The quantitative estimate of drug-likeness (QED) is 0.759. The molecule has 0 spiro atoms. The largest absolute Gasteiger partial charge is 0.384 e. The Bertz CT molecular complexity index is 324. The minimum atomic E-state index is -0.832. The van der Waals surface area contributed by atoms with Crippen LogP contribution in [-0.4, -0.2) is 5.11 Å². The molecule has 0 radical (unpaired) electrons. The molecule has 0 fully saturated rings. The topological polar surface area (TPSA) is 20.2 Å². The summed E-state index contributed by atoms with van der Waals surface area (Å²) in [5.41, 5.74) is -0.240. The first-order valence-corrected chi connectivity index (χ1v) is 5.88. The molecule has 0 aliphatic carbocycles. The normalized spacial score (nSPS) is 13.9. The molecule has 1 aromatic carbocycles. The van der Waals surface area contributed by atoms with Crippen LogP contribution in [0.4, 0.5) is 0 Å². The minimum Gasteiger partial charge on any atom is -0.384 e. The summed E-state index contributed by atoms with van der Waals surface area (Å²) in [4.78, 5) is 0. The molecule has 1 heteroatoms. The summed E-state index contributed by atoms with van der Waals surface area (Å²) in [5, 5.41) is 11.2. The zero-order valence-corrected chi connectivity index (χ0v) is 11.3. The molecule has 0 aliphatic rings. The monoisotopic (exact) mass is 220 g/mol. The van der Waals surface area contributed by atoms with Crippen LogP contribution < -0.4 is 0 Å². The van der Waals surface area contributed by atoms with Gasteiger partial charge in [0.25, 0.3) is 0 Å². The van der Waals surface area contributed by atoms with E-state index in [0.29, 0.717) is 0 Å². The van der Waals surface area contributed by atoms with E-state index in [1.807, 2.05) is 30.3 Å². The molecule has 16 heavy (non-hydrogen) atoms. The van der Waals surface area contributed by atoms with Crippen molar-refractivity contribution >= 4 is 0 Å². The Balaban J connectivity index is 3.39.